The van der Waals surface area contributed by atoms with E-state index in [0.717, 1.165) is 30.2 Å². The molecule has 0 saturated carbocycles. The molecule has 1 N–H and O–H groups in total. The van der Waals surface area contributed by atoms with Gasteiger partial charge in [-0.3, -0.25) is 0 Å². The van der Waals surface area contributed by atoms with Crippen LogP contribution < -0.4 is 4.90 Å². The van der Waals surface area contributed by atoms with Crippen LogP contribution in [-0.2, 0) is 0 Å². The monoisotopic (exact) mass is 221 g/mol. The van der Waals surface area contributed by atoms with Crippen molar-refractivity contribution >= 4 is 5.95 Å². The summed E-state index contributed by atoms with van der Waals surface area (Å²) in [6.07, 6.45) is 2.58. The molecule has 1 fully saturated rings. The fourth-order valence-corrected chi connectivity index (χ4v) is 1.90. The van der Waals surface area contributed by atoms with Gasteiger partial charge in [0.25, 0.3) is 0 Å². The van der Waals surface area contributed by atoms with Gasteiger partial charge in [0, 0.05) is 25.0 Å². The van der Waals surface area contributed by atoms with E-state index in [1.54, 1.807) is 0 Å². The van der Waals surface area contributed by atoms with Crippen LogP contribution in [0.15, 0.2) is 6.20 Å². The molecule has 0 spiro atoms. The minimum absolute atomic E-state index is 0.265. The number of aryl methyl sites for hydroxylation is 2. The quantitative estimate of drug-likeness (QED) is 0.776. The maximum atomic E-state index is 9.84. The second-order valence-corrected chi connectivity index (χ2v) is 4.72. The summed E-state index contributed by atoms with van der Waals surface area (Å²) in [6, 6.07) is 0. The molecule has 1 aliphatic heterocycles. The zero-order valence-corrected chi connectivity index (χ0v) is 10.1. The zero-order valence-electron chi connectivity index (χ0n) is 10.1. The van der Waals surface area contributed by atoms with Crippen LogP contribution in [0, 0.1) is 19.8 Å². The summed E-state index contributed by atoms with van der Waals surface area (Å²) in [5, 5.41) is 9.84. The first-order valence-electron chi connectivity index (χ1n) is 5.81. The van der Waals surface area contributed by atoms with Crippen LogP contribution in [0.2, 0.25) is 0 Å². The minimum atomic E-state index is -0.265. The summed E-state index contributed by atoms with van der Waals surface area (Å²) >= 11 is 0. The van der Waals surface area contributed by atoms with Gasteiger partial charge >= 0.3 is 0 Å². The summed E-state index contributed by atoms with van der Waals surface area (Å²) < 4.78 is 0. The van der Waals surface area contributed by atoms with Crippen molar-refractivity contribution in [1.29, 1.82) is 0 Å². The second kappa shape index (κ2) is 4.37. The molecule has 1 aliphatic rings. The number of piperidine rings is 1. The Morgan fingerprint density at radius 2 is 2.19 bits per heavy atom. The molecule has 2 atom stereocenters. The Bertz CT molecular complexity index is 381. The van der Waals surface area contributed by atoms with E-state index in [1.807, 2.05) is 20.0 Å². The van der Waals surface area contributed by atoms with Crippen LogP contribution in [-0.4, -0.2) is 34.3 Å². The van der Waals surface area contributed by atoms with E-state index >= 15 is 0 Å². The zero-order chi connectivity index (χ0) is 11.7. The lowest BCUT2D eigenvalue weighted by molar-refractivity contribution is 0.102. The normalized spacial score (nSPS) is 25.9. The summed E-state index contributed by atoms with van der Waals surface area (Å²) in [5.74, 6) is 1.12. The lowest BCUT2D eigenvalue weighted by Crippen LogP contribution is -2.43. The van der Waals surface area contributed by atoms with Crippen LogP contribution in [0.5, 0.6) is 0 Å². The predicted octanol–water partition coefficient (Wildman–Crippen LogP) is 1.30. The lowest BCUT2D eigenvalue weighted by Gasteiger charge is -2.34. The van der Waals surface area contributed by atoms with Gasteiger partial charge < -0.3 is 10.0 Å². The van der Waals surface area contributed by atoms with Crippen molar-refractivity contribution in [1.82, 2.24) is 9.97 Å². The smallest absolute Gasteiger partial charge is 0.225 e. The van der Waals surface area contributed by atoms with Crippen LogP contribution in [0.25, 0.3) is 0 Å². The van der Waals surface area contributed by atoms with E-state index in [2.05, 4.69) is 21.8 Å². The topological polar surface area (TPSA) is 49.2 Å². The number of hydrogen-bond donors (Lipinski definition) is 1. The van der Waals surface area contributed by atoms with Crippen molar-refractivity contribution < 1.29 is 5.11 Å². The Kier molecular flexibility index (Phi) is 3.10. The third-order valence-electron chi connectivity index (χ3n) is 3.41. The van der Waals surface area contributed by atoms with Crippen molar-refractivity contribution in [3.05, 3.63) is 17.5 Å². The summed E-state index contributed by atoms with van der Waals surface area (Å²) in [5.41, 5.74) is 2.12. The first-order chi connectivity index (χ1) is 7.58. The molecule has 0 radical (unpaired) electrons. The molecule has 2 heterocycles. The molecule has 1 aromatic heterocycles. The van der Waals surface area contributed by atoms with Crippen LogP contribution in [0.3, 0.4) is 0 Å². The number of aliphatic hydroxyl groups is 1. The number of aromatic nitrogens is 2. The summed E-state index contributed by atoms with van der Waals surface area (Å²) in [4.78, 5) is 10.9. The fourth-order valence-electron chi connectivity index (χ4n) is 1.90. The number of β-amino-alcohol motifs (C(OH)–C–C–N with tert-alkyl or cyclic N) is 1. The third kappa shape index (κ3) is 2.16. The molecule has 0 bridgehead atoms. The molecule has 4 heteroatoms. The average molecular weight is 221 g/mol. The van der Waals surface area contributed by atoms with Crippen LogP contribution in [0.4, 0.5) is 5.95 Å². The lowest BCUT2D eigenvalue weighted by atomic mass is 9.96. The largest absolute Gasteiger partial charge is 0.391 e. The minimum Gasteiger partial charge on any atom is -0.391 e. The molecule has 1 saturated heterocycles. The van der Waals surface area contributed by atoms with Crippen molar-refractivity contribution in [2.24, 2.45) is 5.92 Å². The molecule has 0 amide bonds. The van der Waals surface area contributed by atoms with E-state index in [0.29, 0.717) is 12.5 Å². The highest BCUT2D eigenvalue weighted by atomic mass is 16.3. The SMILES string of the molecule is Cc1cnc(N2CCC(C)C(O)C2)nc1C. The van der Waals surface area contributed by atoms with E-state index in [1.165, 1.54) is 0 Å². The highest BCUT2D eigenvalue weighted by molar-refractivity contribution is 5.33. The van der Waals surface area contributed by atoms with Crippen LogP contribution in [0.1, 0.15) is 24.6 Å². The van der Waals surface area contributed by atoms with E-state index in [4.69, 9.17) is 0 Å². The first-order valence-corrected chi connectivity index (χ1v) is 5.81. The second-order valence-electron chi connectivity index (χ2n) is 4.72. The molecule has 2 rings (SSSR count). The molecule has 2 unspecified atom stereocenters. The first kappa shape index (κ1) is 11.3. The standard InChI is InChI=1S/C12H19N3O/c1-8-4-5-15(7-11(8)16)12-13-6-9(2)10(3)14-12/h6,8,11,16H,4-5,7H2,1-3H3. The molecule has 0 aliphatic carbocycles. The maximum Gasteiger partial charge on any atom is 0.225 e. The number of aliphatic hydroxyl groups excluding tert-OH is 1. The van der Waals surface area contributed by atoms with Gasteiger partial charge in [0.05, 0.1) is 6.10 Å². The number of anilines is 1. The van der Waals surface area contributed by atoms with Crippen molar-refractivity contribution in [3.8, 4) is 0 Å². The van der Waals surface area contributed by atoms with Gasteiger partial charge in [-0.1, -0.05) is 6.92 Å². The molecule has 16 heavy (non-hydrogen) atoms. The van der Waals surface area contributed by atoms with E-state index in [-0.39, 0.29) is 6.10 Å². The predicted molar refractivity (Wildman–Crippen MR) is 63.5 cm³/mol. The van der Waals surface area contributed by atoms with Gasteiger partial charge in [0.1, 0.15) is 0 Å². The molecule has 88 valence electrons. The van der Waals surface area contributed by atoms with Gasteiger partial charge in [-0.25, -0.2) is 9.97 Å². The maximum absolute atomic E-state index is 9.84. The number of hydrogen-bond acceptors (Lipinski definition) is 4. The van der Waals surface area contributed by atoms with Gasteiger partial charge in [-0.2, -0.15) is 0 Å². The Hall–Kier alpha value is -1.16. The fraction of sp³-hybridized carbons (Fsp3) is 0.667. The molecular weight excluding hydrogens is 202 g/mol. The molecular formula is C12H19N3O. The van der Waals surface area contributed by atoms with Crippen LogP contribution >= 0.6 is 0 Å². The summed E-state index contributed by atoms with van der Waals surface area (Å²) in [6.45, 7) is 7.66. The van der Waals surface area contributed by atoms with E-state index < -0.39 is 0 Å². The van der Waals surface area contributed by atoms with Gasteiger partial charge in [0.2, 0.25) is 5.95 Å². The Morgan fingerprint density at radius 1 is 1.44 bits per heavy atom. The van der Waals surface area contributed by atoms with Gasteiger partial charge in [-0.05, 0) is 31.7 Å². The molecule has 1 aromatic rings. The molecule has 4 nitrogen and oxygen atoms in total. The van der Waals surface area contributed by atoms with Crippen molar-refractivity contribution in [3.63, 3.8) is 0 Å². The Balaban J connectivity index is 2.15. The molecule has 0 aromatic carbocycles. The summed E-state index contributed by atoms with van der Waals surface area (Å²) in [7, 11) is 0. The number of nitrogens with zero attached hydrogens (tertiary/aromatic N) is 3. The highest BCUT2D eigenvalue weighted by Crippen LogP contribution is 2.20. The third-order valence-corrected chi connectivity index (χ3v) is 3.41. The van der Waals surface area contributed by atoms with Crippen molar-refractivity contribution in [2.45, 2.75) is 33.3 Å². The Labute approximate surface area is 96.3 Å². The van der Waals surface area contributed by atoms with Gasteiger partial charge in [-0.15, -0.1) is 0 Å². The Morgan fingerprint density at radius 3 is 2.81 bits per heavy atom. The number of rotatable bonds is 1. The average Bonchev–Trinajstić information content (AvgIpc) is 2.26. The van der Waals surface area contributed by atoms with Gasteiger partial charge in [0.15, 0.2) is 0 Å². The van der Waals surface area contributed by atoms with E-state index in [9.17, 15) is 5.11 Å². The highest BCUT2D eigenvalue weighted by Gasteiger charge is 2.25. The van der Waals surface area contributed by atoms with Crippen molar-refractivity contribution in [2.75, 3.05) is 18.0 Å².